The van der Waals surface area contributed by atoms with Crippen LogP contribution in [0.2, 0.25) is 0 Å². The fourth-order valence-electron chi connectivity index (χ4n) is 1.33. The third-order valence-corrected chi connectivity index (χ3v) is 3.94. The molecule has 1 aliphatic carbocycles. The molecule has 0 aliphatic heterocycles. The number of amides is 1. The third kappa shape index (κ3) is 5.28. The summed E-state index contributed by atoms with van der Waals surface area (Å²) in [5, 5.41) is 2.89. The predicted molar refractivity (Wildman–Crippen MR) is 76.7 cm³/mol. The molecular weight excluding hydrogens is 226 g/mol. The Morgan fingerprint density at radius 3 is 2.00 bits per heavy atom. The number of carbonyl (C=O) groups is 1. The molecule has 0 saturated heterocycles. The first-order chi connectivity index (χ1) is 8.15. The number of rotatable bonds is 3. The van der Waals surface area contributed by atoms with Crippen LogP contribution in [0.1, 0.15) is 68.2 Å². The maximum Gasteiger partial charge on any atom is 0.407 e. The van der Waals surface area contributed by atoms with Crippen LogP contribution in [0.4, 0.5) is 4.79 Å². The molecule has 2 unspecified atom stereocenters. The van der Waals surface area contributed by atoms with E-state index in [1.165, 1.54) is 0 Å². The Labute approximate surface area is 113 Å². The molecule has 1 aliphatic rings. The summed E-state index contributed by atoms with van der Waals surface area (Å²) in [5.41, 5.74) is 0.286. The molecule has 0 spiro atoms. The fraction of sp³-hybridized carbons (Fsp3) is 0.933. The molecule has 0 bridgehead atoms. The highest BCUT2D eigenvalue weighted by molar-refractivity contribution is 5.68. The van der Waals surface area contributed by atoms with Crippen LogP contribution in [-0.2, 0) is 4.74 Å². The topological polar surface area (TPSA) is 38.3 Å². The molecule has 108 valence electrons. The molecule has 18 heavy (non-hydrogen) atoms. The second kappa shape index (κ2) is 6.44. The number of carbonyl (C=O) groups excluding carboxylic acids is 1. The molecular formula is C15H31NO2. The lowest BCUT2D eigenvalue weighted by atomic mass is 9.88. The van der Waals surface area contributed by atoms with Crippen molar-refractivity contribution in [3.05, 3.63) is 0 Å². The summed E-state index contributed by atoms with van der Waals surface area (Å²) in [6.07, 6.45) is 2.05. The zero-order chi connectivity index (χ0) is 14.6. The van der Waals surface area contributed by atoms with Gasteiger partial charge in [0.15, 0.2) is 0 Å². The molecule has 1 N–H and O–H groups in total. The van der Waals surface area contributed by atoms with Crippen LogP contribution >= 0.6 is 0 Å². The lowest BCUT2D eigenvalue weighted by Crippen LogP contribution is -2.43. The van der Waals surface area contributed by atoms with Crippen molar-refractivity contribution in [2.24, 2.45) is 10.8 Å². The largest absolute Gasteiger partial charge is 0.446 e. The Hall–Kier alpha value is -0.730. The molecule has 0 aromatic heterocycles. The maximum atomic E-state index is 11.7. The van der Waals surface area contributed by atoms with Crippen LogP contribution in [-0.4, -0.2) is 18.2 Å². The van der Waals surface area contributed by atoms with E-state index >= 15 is 0 Å². The monoisotopic (exact) mass is 257 g/mol. The summed E-state index contributed by atoms with van der Waals surface area (Å²) in [4.78, 5) is 11.7. The Balaban J connectivity index is 0.00000137. The third-order valence-electron chi connectivity index (χ3n) is 3.94. The zero-order valence-corrected chi connectivity index (χ0v) is 13.4. The van der Waals surface area contributed by atoms with E-state index in [2.05, 4.69) is 33.0 Å². The lowest BCUT2D eigenvalue weighted by molar-refractivity contribution is 0.0633. The zero-order valence-electron chi connectivity index (χ0n) is 13.4. The summed E-state index contributed by atoms with van der Waals surface area (Å²) in [5.74, 6) is 0. The number of hydrogen-bond donors (Lipinski definition) is 1. The van der Waals surface area contributed by atoms with Crippen molar-refractivity contribution in [3.8, 4) is 0 Å². The average Bonchev–Trinajstić information content (AvgIpc) is 2.99. The molecule has 1 saturated carbocycles. The van der Waals surface area contributed by atoms with Crippen molar-refractivity contribution in [1.29, 1.82) is 0 Å². The first kappa shape index (κ1) is 17.3. The molecule has 0 heterocycles. The van der Waals surface area contributed by atoms with Gasteiger partial charge in [0.2, 0.25) is 0 Å². The van der Waals surface area contributed by atoms with Crippen LogP contribution in [0.15, 0.2) is 0 Å². The molecule has 1 rings (SSSR count). The Morgan fingerprint density at radius 2 is 1.67 bits per heavy atom. The van der Waals surface area contributed by atoms with Crippen molar-refractivity contribution in [2.75, 3.05) is 0 Å². The van der Waals surface area contributed by atoms with E-state index in [-0.39, 0.29) is 29.1 Å². The van der Waals surface area contributed by atoms with E-state index < -0.39 is 0 Å². The van der Waals surface area contributed by atoms with Gasteiger partial charge in [-0.05, 0) is 32.1 Å². The summed E-state index contributed by atoms with van der Waals surface area (Å²) >= 11 is 0. The van der Waals surface area contributed by atoms with Gasteiger partial charge in [-0.15, -0.1) is 0 Å². The minimum absolute atomic E-state index is 0.0136. The van der Waals surface area contributed by atoms with Gasteiger partial charge in [0.25, 0.3) is 0 Å². The fourth-order valence-corrected chi connectivity index (χ4v) is 1.33. The van der Waals surface area contributed by atoms with Crippen molar-refractivity contribution < 1.29 is 9.53 Å². The minimum Gasteiger partial charge on any atom is -0.446 e. The SMILES string of the molecule is CC.CC(NC(=O)OC(C)C1(C)CC1)C(C)(C)C. The Bertz CT molecular complexity index is 249. The predicted octanol–water partition coefficient (Wildman–Crippen LogP) is 4.36. The normalized spacial score (nSPS) is 20.0. The molecule has 3 heteroatoms. The molecule has 0 aromatic rings. The lowest BCUT2D eigenvalue weighted by Gasteiger charge is -2.29. The van der Waals surface area contributed by atoms with Crippen LogP contribution in [0.25, 0.3) is 0 Å². The van der Waals surface area contributed by atoms with Gasteiger partial charge in [0.1, 0.15) is 6.10 Å². The number of hydrogen-bond acceptors (Lipinski definition) is 2. The number of ether oxygens (including phenoxy) is 1. The molecule has 0 radical (unpaired) electrons. The van der Waals surface area contributed by atoms with E-state index in [4.69, 9.17) is 4.74 Å². The van der Waals surface area contributed by atoms with Crippen LogP contribution in [0.5, 0.6) is 0 Å². The summed E-state index contributed by atoms with van der Waals surface area (Å²) in [7, 11) is 0. The molecule has 1 amide bonds. The highest BCUT2D eigenvalue weighted by Gasteiger charge is 2.44. The molecule has 2 atom stereocenters. The average molecular weight is 257 g/mol. The van der Waals surface area contributed by atoms with Gasteiger partial charge in [-0.2, -0.15) is 0 Å². The van der Waals surface area contributed by atoms with Crippen LogP contribution in [0.3, 0.4) is 0 Å². The van der Waals surface area contributed by atoms with E-state index in [0.717, 1.165) is 12.8 Å². The molecule has 1 fully saturated rings. The standard InChI is InChI=1S/C13H25NO2.C2H6/c1-9(12(3,4)5)14-11(15)16-10(2)13(6)7-8-13;1-2/h9-10H,7-8H2,1-6H3,(H,14,15);1-2H3. The van der Waals surface area contributed by atoms with E-state index in [0.29, 0.717) is 0 Å². The van der Waals surface area contributed by atoms with E-state index in [1.807, 2.05) is 27.7 Å². The summed E-state index contributed by atoms with van der Waals surface area (Å²) < 4.78 is 5.39. The maximum absolute atomic E-state index is 11.7. The van der Waals surface area contributed by atoms with E-state index in [1.54, 1.807) is 0 Å². The first-order valence-corrected chi connectivity index (χ1v) is 7.12. The van der Waals surface area contributed by atoms with Crippen molar-refractivity contribution >= 4 is 6.09 Å². The van der Waals surface area contributed by atoms with Gasteiger partial charge >= 0.3 is 6.09 Å². The first-order valence-electron chi connectivity index (χ1n) is 7.12. The Morgan fingerprint density at radius 1 is 1.22 bits per heavy atom. The second-order valence-electron chi connectivity index (χ2n) is 6.43. The Kier molecular flexibility index (Phi) is 6.18. The van der Waals surface area contributed by atoms with Gasteiger partial charge in [-0.1, -0.05) is 41.5 Å². The highest BCUT2D eigenvalue weighted by Crippen LogP contribution is 2.49. The van der Waals surface area contributed by atoms with Crippen LogP contribution in [0, 0.1) is 10.8 Å². The van der Waals surface area contributed by atoms with Crippen molar-refractivity contribution in [2.45, 2.75) is 80.4 Å². The molecule has 0 aromatic carbocycles. The smallest absolute Gasteiger partial charge is 0.407 e. The summed E-state index contributed by atoms with van der Waals surface area (Å²) in [6, 6.07) is 0.110. The van der Waals surface area contributed by atoms with Gasteiger partial charge in [-0.3, -0.25) is 0 Å². The van der Waals surface area contributed by atoms with Crippen molar-refractivity contribution in [1.82, 2.24) is 5.32 Å². The van der Waals surface area contributed by atoms with Gasteiger partial charge in [0, 0.05) is 11.5 Å². The van der Waals surface area contributed by atoms with Gasteiger partial charge in [0.05, 0.1) is 0 Å². The molecule has 3 nitrogen and oxygen atoms in total. The van der Waals surface area contributed by atoms with Gasteiger partial charge in [-0.25, -0.2) is 4.79 Å². The second-order valence-corrected chi connectivity index (χ2v) is 6.43. The quantitative estimate of drug-likeness (QED) is 0.815. The summed E-state index contributed by atoms with van der Waals surface area (Å²) in [6.45, 7) is 16.5. The van der Waals surface area contributed by atoms with E-state index in [9.17, 15) is 4.79 Å². The van der Waals surface area contributed by atoms with Crippen molar-refractivity contribution in [3.63, 3.8) is 0 Å². The number of alkyl carbamates (subject to hydrolysis) is 1. The minimum atomic E-state index is -0.289. The van der Waals surface area contributed by atoms with Crippen LogP contribution < -0.4 is 5.32 Å². The number of nitrogens with one attached hydrogen (secondary N) is 1. The van der Waals surface area contributed by atoms with Gasteiger partial charge < -0.3 is 10.1 Å². The highest BCUT2D eigenvalue weighted by atomic mass is 16.6.